The van der Waals surface area contributed by atoms with Crippen LogP contribution in [0, 0.1) is 18.6 Å². The van der Waals surface area contributed by atoms with E-state index in [0.717, 1.165) is 5.56 Å². The van der Waals surface area contributed by atoms with E-state index in [4.69, 9.17) is 14.2 Å². The van der Waals surface area contributed by atoms with Crippen molar-refractivity contribution >= 4 is 12.4 Å². The lowest BCUT2D eigenvalue weighted by Gasteiger charge is -2.37. The zero-order chi connectivity index (χ0) is 21.1. The Morgan fingerprint density at radius 3 is 2.61 bits per heavy atom. The average Bonchev–Trinajstić information content (AvgIpc) is 3.20. The molecular weight excluding hydrogens is 426 g/mol. The van der Waals surface area contributed by atoms with E-state index in [2.05, 4.69) is 4.98 Å². The first-order valence-electron chi connectivity index (χ1n) is 9.87. The van der Waals surface area contributed by atoms with E-state index in [1.807, 2.05) is 30.3 Å². The second-order valence-corrected chi connectivity index (χ2v) is 7.28. The first-order valence-corrected chi connectivity index (χ1v) is 9.87. The van der Waals surface area contributed by atoms with Gasteiger partial charge in [-0.05, 0) is 25.0 Å². The van der Waals surface area contributed by atoms with Crippen molar-refractivity contribution in [3.63, 3.8) is 0 Å². The predicted molar refractivity (Wildman–Crippen MR) is 115 cm³/mol. The molecule has 3 aromatic rings. The lowest BCUT2D eigenvalue weighted by Crippen LogP contribution is -2.42. The summed E-state index contributed by atoms with van der Waals surface area (Å²) in [5.74, 6) is -0.509. The fourth-order valence-corrected chi connectivity index (χ4v) is 3.83. The standard InChI is InChI=1S/C23H24F2N2O3.ClH/c1-15-26-9-10-27(15)20-13-18(24)17(12-19(20)25)14-30-23-21(28-2)8-11-29-22(23)16-6-4-3-5-7-16;/h3-7,9-10,12-13,21-23H,8,11,14H2,1-2H3;1H. The molecule has 5 nitrogen and oxygen atoms in total. The maximum absolute atomic E-state index is 14.8. The monoisotopic (exact) mass is 450 g/mol. The molecule has 8 heteroatoms. The number of halogens is 3. The third kappa shape index (κ3) is 4.96. The second kappa shape index (κ2) is 10.3. The summed E-state index contributed by atoms with van der Waals surface area (Å²) < 4.78 is 48.6. The lowest BCUT2D eigenvalue weighted by atomic mass is 9.96. The van der Waals surface area contributed by atoms with Gasteiger partial charge in [-0.2, -0.15) is 0 Å². The van der Waals surface area contributed by atoms with Gasteiger partial charge in [0.25, 0.3) is 0 Å². The van der Waals surface area contributed by atoms with Gasteiger partial charge in [0.05, 0.1) is 25.0 Å². The fraction of sp³-hybridized carbons (Fsp3) is 0.348. The van der Waals surface area contributed by atoms with Crippen LogP contribution in [0.1, 0.15) is 29.5 Å². The van der Waals surface area contributed by atoms with E-state index >= 15 is 0 Å². The van der Waals surface area contributed by atoms with E-state index in [1.54, 1.807) is 26.4 Å². The number of hydrogen-bond acceptors (Lipinski definition) is 4. The Hall–Kier alpha value is -2.32. The zero-order valence-corrected chi connectivity index (χ0v) is 18.1. The highest BCUT2D eigenvalue weighted by molar-refractivity contribution is 5.85. The molecule has 0 saturated carbocycles. The number of benzene rings is 2. The Labute approximate surface area is 186 Å². The minimum Gasteiger partial charge on any atom is -0.379 e. The fourth-order valence-electron chi connectivity index (χ4n) is 3.83. The third-order valence-corrected chi connectivity index (χ3v) is 5.43. The van der Waals surface area contributed by atoms with E-state index in [9.17, 15) is 8.78 Å². The minimum absolute atomic E-state index is 0. The van der Waals surface area contributed by atoms with Crippen LogP contribution in [-0.2, 0) is 20.8 Å². The molecule has 0 aliphatic carbocycles. The highest BCUT2D eigenvalue weighted by Crippen LogP contribution is 2.33. The van der Waals surface area contributed by atoms with Crippen molar-refractivity contribution in [1.29, 1.82) is 0 Å². The summed E-state index contributed by atoms with van der Waals surface area (Å²) in [6.45, 7) is 2.18. The molecule has 1 aromatic heterocycles. The van der Waals surface area contributed by atoms with Gasteiger partial charge >= 0.3 is 0 Å². The number of nitrogens with zero attached hydrogens (tertiary/aromatic N) is 2. The molecule has 1 fully saturated rings. The largest absolute Gasteiger partial charge is 0.379 e. The number of aromatic nitrogens is 2. The maximum Gasteiger partial charge on any atom is 0.147 e. The summed E-state index contributed by atoms with van der Waals surface area (Å²) in [5.41, 5.74) is 1.22. The van der Waals surface area contributed by atoms with Crippen LogP contribution in [-0.4, -0.2) is 35.5 Å². The van der Waals surface area contributed by atoms with Gasteiger partial charge in [0, 0.05) is 31.1 Å². The van der Waals surface area contributed by atoms with Crippen LogP contribution >= 0.6 is 12.4 Å². The number of aryl methyl sites for hydroxylation is 1. The van der Waals surface area contributed by atoms with Crippen molar-refractivity contribution in [2.24, 2.45) is 0 Å². The minimum atomic E-state index is -0.543. The Balaban J connectivity index is 0.00000272. The van der Waals surface area contributed by atoms with Crippen LogP contribution in [0.4, 0.5) is 8.78 Å². The van der Waals surface area contributed by atoms with Crippen molar-refractivity contribution in [1.82, 2.24) is 9.55 Å². The predicted octanol–water partition coefficient (Wildman–Crippen LogP) is 4.94. The Morgan fingerprint density at radius 2 is 1.94 bits per heavy atom. The summed E-state index contributed by atoms with van der Waals surface area (Å²) >= 11 is 0. The molecular formula is C23H25ClF2N2O3. The van der Waals surface area contributed by atoms with Crippen molar-refractivity contribution in [3.05, 3.63) is 83.4 Å². The molecule has 0 spiro atoms. The third-order valence-electron chi connectivity index (χ3n) is 5.43. The van der Waals surface area contributed by atoms with Gasteiger partial charge in [0.2, 0.25) is 0 Å². The quantitative estimate of drug-likeness (QED) is 0.533. The van der Waals surface area contributed by atoms with E-state index in [0.29, 0.717) is 18.9 Å². The number of imidazole rings is 1. The Morgan fingerprint density at radius 1 is 1.16 bits per heavy atom. The molecule has 31 heavy (non-hydrogen) atoms. The van der Waals surface area contributed by atoms with Crippen molar-refractivity contribution in [2.75, 3.05) is 13.7 Å². The molecule has 166 valence electrons. The molecule has 0 bridgehead atoms. The lowest BCUT2D eigenvalue weighted by molar-refractivity contribution is -0.175. The highest BCUT2D eigenvalue weighted by atomic mass is 35.5. The highest BCUT2D eigenvalue weighted by Gasteiger charge is 2.36. The van der Waals surface area contributed by atoms with Gasteiger partial charge in [-0.15, -0.1) is 12.4 Å². The smallest absolute Gasteiger partial charge is 0.147 e. The number of ether oxygens (including phenoxy) is 3. The molecule has 1 aliphatic heterocycles. The molecule has 0 N–H and O–H groups in total. The molecule has 1 aliphatic rings. The number of hydrogen-bond donors (Lipinski definition) is 0. The molecule has 1 saturated heterocycles. The molecule has 4 rings (SSSR count). The summed E-state index contributed by atoms with van der Waals surface area (Å²) in [7, 11) is 1.62. The van der Waals surface area contributed by atoms with Crippen LogP contribution in [0.15, 0.2) is 54.9 Å². The Bertz CT molecular complexity index is 1000. The molecule has 2 heterocycles. The topological polar surface area (TPSA) is 45.5 Å². The molecule has 3 atom stereocenters. The summed E-state index contributed by atoms with van der Waals surface area (Å²) in [6, 6.07) is 12.0. The number of methoxy groups -OCH3 is 1. The second-order valence-electron chi connectivity index (χ2n) is 7.28. The number of rotatable bonds is 6. The Kier molecular flexibility index (Phi) is 7.78. The average molecular weight is 451 g/mol. The van der Waals surface area contributed by atoms with Gasteiger partial charge in [-0.3, -0.25) is 0 Å². The first-order chi connectivity index (χ1) is 14.6. The van der Waals surface area contributed by atoms with Crippen LogP contribution in [0.5, 0.6) is 0 Å². The van der Waals surface area contributed by atoms with Crippen LogP contribution < -0.4 is 0 Å². The maximum atomic E-state index is 14.8. The molecule has 0 radical (unpaired) electrons. The normalized spacial score (nSPS) is 21.0. The van der Waals surface area contributed by atoms with Crippen LogP contribution in [0.3, 0.4) is 0 Å². The van der Waals surface area contributed by atoms with Crippen LogP contribution in [0.2, 0.25) is 0 Å². The van der Waals surface area contributed by atoms with Gasteiger partial charge in [-0.25, -0.2) is 13.8 Å². The SMILES string of the molecule is COC1CCOC(c2ccccc2)C1OCc1cc(F)c(-n2ccnc2C)cc1F.Cl. The summed E-state index contributed by atoms with van der Waals surface area (Å²) in [4.78, 5) is 4.06. The van der Waals surface area contributed by atoms with Gasteiger partial charge in [0.1, 0.15) is 29.7 Å². The van der Waals surface area contributed by atoms with Gasteiger partial charge < -0.3 is 18.8 Å². The molecule has 3 unspecified atom stereocenters. The molecule has 2 aromatic carbocycles. The molecule has 0 amide bonds. The van der Waals surface area contributed by atoms with Gasteiger partial charge in [0.15, 0.2) is 0 Å². The van der Waals surface area contributed by atoms with Crippen molar-refractivity contribution in [3.8, 4) is 5.69 Å². The zero-order valence-electron chi connectivity index (χ0n) is 17.3. The first kappa shape index (κ1) is 23.3. The van der Waals surface area contributed by atoms with E-state index < -0.39 is 17.7 Å². The van der Waals surface area contributed by atoms with Gasteiger partial charge in [-0.1, -0.05) is 30.3 Å². The van der Waals surface area contributed by atoms with E-state index in [-0.39, 0.29) is 42.5 Å². The summed E-state index contributed by atoms with van der Waals surface area (Å²) in [5, 5.41) is 0. The van der Waals surface area contributed by atoms with Crippen molar-refractivity contribution in [2.45, 2.75) is 38.3 Å². The van der Waals surface area contributed by atoms with E-state index in [1.165, 1.54) is 16.7 Å². The van der Waals surface area contributed by atoms with Crippen molar-refractivity contribution < 1.29 is 23.0 Å². The summed E-state index contributed by atoms with van der Waals surface area (Å²) in [6.07, 6.45) is 2.82. The van der Waals surface area contributed by atoms with Crippen LogP contribution in [0.25, 0.3) is 5.69 Å².